The lowest BCUT2D eigenvalue weighted by molar-refractivity contribution is -0.384. The minimum Gasteiger partial charge on any atom is -0.258 e. The zero-order valence-electron chi connectivity index (χ0n) is 17.2. The molecule has 4 aromatic rings. The van der Waals surface area contributed by atoms with Gasteiger partial charge in [-0.3, -0.25) is 10.1 Å². The number of halogens is 2. The van der Waals surface area contributed by atoms with Crippen LogP contribution in [0.1, 0.15) is 12.1 Å². The van der Waals surface area contributed by atoms with Gasteiger partial charge in [0.15, 0.2) is 9.84 Å². The molecule has 33 heavy (non-hydrogen) atoms. The number of hydrogen-bond acceptors (Lipinski definition) is 5. The molecule has 0 unspecified atom stereocenters. The first-order valence-corrected chi connectivity index (χ1v) is 11.6. The zero-order chi connectivity index (χ0) is 23.8. The van der Waals surface area contributed by atoms with Gasteiger partial charge in [-0.15, -0.1) is 0 Å². The number of sulfone groups is 1. The van der Waals surface area contributed by atoms with Crippen molar-refractivity contribution in [2.45, 2.75) is 11.3 Å². The number of aromatic nitrogens is 2. The predicted molar refractivity (Wildman–Crippen MR) is 119 cm³/mol. The predicted octanol–water partition coefficient (Wildman–Crippen LogP) is 5.46. The third-order valence-electron chi connectivity index (χ3n) is 5.04. The first kappa shape index (κ1) is 22.3. The molecule has 0 N–H and O–H groups in total. The largest absolute Gasteiger partial charge is 0.282 e. The van der Waals surface area contributed by atoms with E-state index in [0.29, 0.717) is 22.5 Å². The van der Waals surface area contributed by atoms with Crippen molar-refractivity contribution in [3.8, 4) is 28.1 Å². The summed E-state index contributed by atoms with van der Waals surface area (Å²) in [7, 11) is -3.45. The van der Waals surface area contributed by atoms with Gasteiger partial charge in [0.05, 0.1) is 21.2 Å². The van der Waals surface area contributed by atoms with Crippen LogP contribution in [0.3, 0.4) is 0 Å². The lowest BCUT2D eigenvalue weighted by atomic mass is 9.98. The monoisotopic (exact) mass is 469 g/mol. The number of alkyl halides is 2. The van der Waals surface area contributed by atoms with Gasteiger partial charge in [-0.1, -0.05) is 30.3 Å². The second-order valence-corrected chi connectivity index (χ2v) is 9.27. The van der Waals surface area contributed by atoms with Crippen molar-refractivity contribution >= 4 is 15.5 Å². The van der Waals surface area contributed by atoms with Crippen molar-refractivity contribution in [2.24, 2.45) is 0 Å². The van der Waals surface area contributed by atoms with E-state index in [-0.39, 0.29) is 16.1 Å². The van der Waals surface area contributed by atoms with Gasteiger partial charge < -0.3 is 0 Å². The highest BCUT2D eigenvalue weighted by Gasteiger charge is 2.27. The fraction of sp³-hybridized carbons (Fsp3) is 0.0870. The summed E-state index contributed by atoms with van der Waals surface area (Å²) in [6.07, 6.45) is -1.85. The Morgan fingerprint density at radius 2 is 1.48 bits per heavy atom. The van der Waals surface area contributed by atoms with Crippen LogP contribution in [0.2, 0.25) is 0 Å². The molecule has 10 heteroatoms. The van der Waals surface area contributed by atoms with Crippen LogP contribution in [0, 0.1) is 10.1 Å². The van der Waals surface area contributed by atoms with Crippen LogP contribution in [0.4, 0.5) is 14.5 Å². The van der Waals surface area contributed by atoms with Crippen LogP contribution in [0.5, 0.6) is 0 Å². The smallest absolute Gasteiger partial charge is 0.258 e. The van der Waals surface area contributed by atoms with Crippen LogP contribution < -0.4 is 0 Å². The van der Waals surface area contributed by atoms with E-state index in [0.717, 1.165) is 6.26 Å². The quantitative estimate of drug-likeness (QED) is 0.276. The molecule has 1 heterocycles. The number of hydrogen-bond donors (Lipinski definition) is 0. The fourth-order valence-electron chi connectivity index (χ4n) is 3.50. The lowest BCUT2D eigenvalue weighted by Gasteiger charge is -2.11. The van der Waals surface area contributed by atoms with E-state index < -0.39 is 26.9 Å². The topological polar surface area (TPSA) is 95.1 Å². The molecule has 0 bridgehead atoms. The van der Waals surface area contributed by atoms with Crippen LogP contribution in [0.15, 0.2) is 83.8 Å². The van der Waals surface area contributed by atoms with Gasteiger partial charge in [-0.2, -0.15) is 5.10 Å². The second kappa shape index (κ2) is 8.55. The number of nitro groups is 1. The molecule has 0 spiro atoms. The average molecular weight is 469 g/mol. The summed E-state index contributed by atoms with van der Waals surface area (Å²) < 4.78 is 53.3. The summed E-state index contributed by atoms with van der Waals surface area (Å²) in [5, 5.41) is 15.2. The van der Waals surface area contributed by atoms with Crippen molar-refractivity contribution in [1.29, 1.82) is 0 Å². The normalized spacial score (nSPS) is 11.6. The summed E-state index contributed by atoms with van der Waals surface area (Å²) in [6, 6.07) is 19.8. The van der Waals surface area contributed by atoms with Gasteiger partial charge >= 0.3 is 0 Å². The van der Waals surface area contributed by atoms with Gasteiger partial charge in [-0.25, -0.2) is 21.9 Å². The Balaban J connectivity index is 2.02. The Morgan fingerprint density at radius 3 is 2.00 bits per heavy atom. The molecule has 4 rings (SSSR count). The summed E-state index contributed by atoms with van der Waals surface area (Å²) in [6.45, 7) is 0. The Morgan fingerprint density at radius 1 is 0.909 bits per heavy atom. The molecule has 0 aliphatic carbocycles. The maximum absolute atomic E-state index is 14.1. The molecule has 0 saturated heterocycles. The van der Waals surface area contributed by atoms with Crippen LogP contribution in [-0.4, -0.2) is 29.4 Å². The van der Waals surface area contributed by atoms with E-state index in [1.807, 2.05) is 0 Å². The number of rotatable bonds is 6. The van der Waals surface area contributed by atoms with Gasteiger partial charge in [0.1, 0.15) is 5.69 Å². The maximum atomic E-state index is 14.1. The molecule has 0 saturated carbocycles. The van der Waals surface area contributed by atoms with Gasteiger partial charge in [0.25, 0.3) is 12.1 Å². The minimum absolute atomic E-state index is 0.0861. The Labute approximate surface area is 188 Å². The molecule has 7 nitrogen and oxygen atoms in total. The molecule has 0 fully saturated rings. The van der Waals surface area contributed by atoms with Crippen LogP contribution in [0.25, 0.3) is 28.1 Å². The van der Waals surface area contributed by atoms with Gasteiger partial charge in [-0.05, 0) is 42.0 Å². The van der Waals surface area contributed by atoms with Crippen molar-refractivity contribution in [1.82, 2.24) is 9.78 Å². The first-order chi connectivity index (χ1) is 15.7. The number of para-hydroxylation sites is 1. The highest BCUT2D eigenvalue weighted by atomic mass is 32.2. The summed E-state index contributed by atoms with van der Waals surface area (Å²) in [5.74, 6) is 0. The van der Waals surface area contributed by atoms with Crippen LogP contribution in [-0.2, 0) is 9.84 Å². The SMILES string of the molecule is CS(=O)(=O)c1ccc(-c2c(-c3ccc([N+](=O)[O-])cc3)c(C(F)F)nn2-c2ccccc2)cc1. The standard InChI is InChI=1S/C23H17F2N3O4S/c1-33(31,32)19-13-9-16(10-14-19)22-20(15-7-11-18(12-8-15)28(29)30)21(23(24)25)26-27(22)17-5-3-2-4-6-17/h2-14,23H,1H3. The summed E-state index contributed by atoms with van der Waals surface area (Å²) >= 11 is 0. The van der Waals surface area contributed by atoms with Gasteiger partial charge in [0.2, 0.25) is 0 Å². The van der Waals surface area contributed by atoms with Crippen molar-refractivity contribution in [2.75, 3.05) is 6.26 Å². The first-order valence-electron chi connectivity index (χ1n) is 9.68. The van der Waals surface area contributed by atoms with E-state index >= 15 is 0 Å². The number of benzene rings is 3. The molecule has 0 atom stereocenters. The van der Waals surface area contributed by atoms with Crippen molar-refractivity contribution < 1.29 is 22.1 Å². The van der Waals surface area contributed by atoms with Crippen molar-refractivity contribution in [3.63, 3.8) is 0 Å². The molecule has 0 radical (unpaired) electrons. The molecule has 0 aliphatic rings. The molecule has 168 valence electrons. The summed E-state index contributed by atoms with van der Waals surface area (Å²) in [4.78, 5) is 10.5. The van der Waals surface area contributed by atoms with Gasteiger partial charge in [0, 0.05) is 29.5 Å². The zero-order valence-corrected chi connectivity index (χ0v) is 18.0. The highest BCUT2D eigenvalue weighted by Crippen LogP contribution is 2.41. The maximum Gasteiger partial charge on any atom is 0.282 e. The molecule has 1 aromatic heterocycles. The third-order valence-corrected chi connectivity index (χ3v) is 6.17. The van der Waals surface area contributed by atoms with E-state index in [9.17, 15) is 27.3 Å². The van der Waals surface area contributed by atoms with Crippen molar-refractivity contribution in [3.05, 3.63) is 94.7 Å². The number of nitro benzene ring substituents is 1. The number of non-ortho nitro benzene ring substituents is 1. The Kier molecular flexibility index (Phi) is 5.77. The molecular formula is C23H17F2N3O4S. The summed E-state index contributed by atoms with van der Waals surface area (Å²) in [5.41, 5.74) is 1.05. The highest BCUT2D eigenvalue weighted by molar-refractivity contribution is 7.90. The van der Waals surface area contributed by atoms with E-state index in [1.165, 1.54) is 53.2 Å². The Bertz CT molecular complexity index is 1420. The van der Waals surface area contributed by atoms with E-state index in [2.05, 4.69) is 5.10 Å². The van der Waals surface area contributed by atoms with E-state index in [1.54, 1.807) is 30.3 Å². The lowest BCUT2D eigenvalue weighted by Crippen LogP contribution is -2.01. The molecule has 0 aliphatic heterocycles. The minimum atomic E-state index is -3.45. The second-order valence-electron chi connectivity index (χ2n) is 7.26. The number of nitrogens with zero attached hydrogens (tertiary/aromatic N) is 3. The molecular weight excluding hydrogens is 452 g/mol. The average Bonchev–Trinajstić information content (AvgIpc) is 3.20. The van der Waals surface area contributed by atoms with Crippen LogP contribution >= 0.6 is 0 Å². The molecule has 0 amide bonds. The molecule has 3 aromatic carbocycles. The van der Waals surface area contributed by atoms with E-state index in [4.69, 9.17) is 0 Å². The Hall–Kier alpha value is -3.92. The third kappa shape index (κ3) is 4.37. The fourth-order valence-corrected chi connectivity index (χ4v) is 4.14.